The molecular weight excluding hydrogens is 568 g/mol. The molecule has 3 fully saturated rings. The van der Waals surface area contributed by atoms with Gasteiger partial charge in [0, 0.05) is 35.9 Å². The number of halogens is 1. The zero-order valence-electron chi connectivity index (χ0n) is 23.5. The Morgan fingerprint density at radius 2 is 1.59 bits per heavy atom. The van der Waals surface area contributed by atoms with Gasteiger partial charge in [0.1, 0.15) is 18.7 Å². The summed E-state index contributed by atoms with van der Waals surface area (Å²) in [6.45, 7) is 12.1. The number of quaternary nitrogens is 1. The lowest BCUT2D eigenvalue weighted by Gasteiger charge is -2.58. The molecule has 3 nitrogen and oxygen atoms in total. The first-order chi connectivity index (χ1) is 19.7. The van der Waals surface area contributed by atoms with Crippen LogP contribution in [0.2, 0.25) is 0 Å². The summed E-state index contributed by atoms with van der Waals surface area (Å²) < 4.78 is 7.81. The molecule has 5 aromatic rings. The van der Waals surface area contributed by atoms with Gasteiger partial charge in [-0.1, -0.05) is 78.9 Å². The maximum Gasteiger partial charge on any atom is 0.135 e. The van der Waals surface area contributed by atoms with Crippen LogP contribution in [0.4, 0.5) is 0 Å². The van der Waals surface area contributed by atoms with Crippen molar-refractivity contribution in [3.8, 4) is 0 Å². The topological polar surface area (TPSA) is 22.1 Å². The zero-order valence-corrected chi connectivity index (χ0v) is 25.0. The largest absolute Gasteiger partial charge is 1.00 e. The molecule has 0 radical (unpaired) electrons. The number of rotatable bonds is 8. The molecule has 0 saturated carbocycles. The van der Waals surface area contributed by atoms with E-state index in [4.69, 9.17) is 4.74 Å². The minimum atomic E-state index is -0.0410. The van der Waals surface area contributed by atoms with Gasteiger partial charge in [-0.2, -0.15) is 0 Å². The van der Waals surface area contributed by atoms with E-state index in [0.717, 1.165) is 36.1 Å². The quantitative estimate of drug-likeness (QED) is 0.134. The maximum absolute atomic E-state index is 6.80. The number of pyridine rings is 1. The van der Waals surface area contributed by atoms with Crippen molar-refractivity contribution in [3.63, 3.8) is 0 Å². The summed E-state index contributed by atoms with van der Waals surface area (Å²) in [6, 6.07) is 31.2. The van der Waals surface area contributed by atoms with Gasteiger partial charge in [0.2, 0.25) is 0 Å². The number of nitrogens with zero attached hydrogens (tertiary/aromatic N) is 2. The van der Waals surface area contributed by atoms with Gasteiger partial charge in [0.25, 0.3) is 0 Å². The third-order valence-corrected chi connectivity index (χ3v) is 9.76. The molecule has 0 spiro atoms. The third-order valence-electron chi connectivity index (χ3n) is 9.76. The first-order valence-corrected chi connectivity index (χ1v) is 14.6. The Bertz CT molecular complexity index is 1670. The lowest BCUT2D eigenvalue weighted by Crippen LogP contribution is -3.00. The molecule has 0 aliphatic carbocycles. The van der Waals surface area contributed by atoms with Gasteiger partial charge in [-0.15, -0.1) is 13.2 Å². The minimum absolute atomic E-state index is 0. The highest BCUT2D eigenvalue weighted by molar-refractivity contribution is 6.02. The van der Waals surface area contributed by atoms with E-state index in [1.165, 1.54) is 44.5 Å². The molecule has 5 atom stereocenters. The lowest BCUT2D eigenvalue weighted by atomic mass is 9.70. The van der Waals surface area contributed by atoms with Crippen LogP contribution in [0.3, 0.4) is 0 Å². The van der Waals surface area contributed by atoms with Crippen molar-refractivity contribution in [2.24, 2.45) is 11.8 Å². The van der Waals surface area contributed by atoms with Gasteiger partial charge in [-0.3, -0.25) is 4.98 Å². The van der Waals surface area contributed by atoms with Gasteiger partial charge < -0.3 is 26.2 Å². The number of para-hydroxylation sites is 1. The van der Waals surface area contributed by atoms with E-state index < -0.39 is 0 Å². The number of aromatic nitrogens is 1. The van der Waals surface area contributed by atoms with E-state index in [-0.39, 0.29) is 23.1 Å². The van der Waals surface area contributed by atoms with Crippen LogP contribution in [-0.2, 0) is 11.3 Å². The Morgan fingerprint density at radius 1 is 0.902 bits per heavy atom. The fourth-order valence-corrected chi connectivity index (χ4v) is 7.90. The summed E-state index contributed by atoms with van der Waals surface area (Å²) in [5, 5.41) is 6.56. The third kappa shape index (κ3) is 4.82. The second kappa shape index (κ2) is 11.5. The molecule has 8 rings (SSSR count). The van der Waals surface area contributed by atoms with E-state index in [1.54, 1.807) is 0 Å². The molecule has 208 valence electrons. The van der Waals surface area contributed by atoms with E-state index >= 15 is 0 Å². The molecule has 3 aliphatic heterocycles. The smallest absolute Gasteiger partial charge is 0.135 e. The fraction of sp³-hybridized carbons (Fsp3) is 0.270. The summed E-state index contributed by atoms with van der Waals surface area (Å²) >= 11 is 0. The summed E-state index contributed by atoms with van der Waals surface area (Å²) in [5.74, 6) is 1.18. The Morgan fingerprint density at radius 3 is 2.29 bits per heavy atom. The fourth-order valence-electron chi connectivity index (χ4n) is 7.90. The first-order valence-electron chi connectivity index (χ1n) is 14.6. The van der Waals surface area contributed by atoms with Gasteiger partial charge >= 0.3 is 0 Å². The van der Waals surface area contributed by atoms with Crippen LogP contribution in [0, 0.1) is 11.8 Å². The molecule has 4 aromatic carbocycles. The summed E-state index contributed by atoms with van der Waals surface area (Å²) in [4.78, 5) is 4.68. The standard InChI is InChI=1S/C37H37N2O.BrH/c1-3-21-40-37(33-17-19-38-35-16-10-9-15-32(33)35)36-23-27-18-20-39(36,24-26(27)4-2)25-34-30-13-7-5-11-28(30)22-29-12-6-8-14-31(29)34;/h3-17,19,22,26-27,36-37H,1-2,18,20-21,23-25H2;1H/q+1;/p-1/t26-,27-,36+,37-,39-;/m0./s1. The molecular formula is C37H37BrN2O. The van der Waals surface area contributed by atoms with Crippen LogP contribution in [0.25, 0.3) is 32.4 Å². The van der Waals surface area contributed by atoms with Gasteiger partial charge in [0.15, 0.2) is 0 Å². The van der Waals surface area contributed by atoms with Crippen molar-refractivity contribution in [2.75, 3.05) is 19.7 Å². The first kappa shape index (κ1) is 27.8. The Labute approximate surface area is 253 Å². The SMILES string of the molecule is C=CCO[C@@H](c1ccnc2ccccc12)[C@H]1C[C@@H]2CC[N@@+]1(Cc1c3ccccc3cc3ccccc13)C[C@@H]2C=C.[Br-]. The van der Waals surface area contributed by atoms with Crippen LogP contribution < -0.4 is 17.0 Å². The molecule has 4 heterocycles. The molecule has 41 heavy (non-hydrogen) atoms. The Hall–Kier alpha value is -3.31. The van der Waals surface area contributed by atoms with Crippen LogP contribution in [-0.4, -0.2) is 35.2 Å². The molecule has 3 saturated heterocycles. The number of benzene rings is 4. The highest BCUT2D eigenvalue weighted by Gasteiger charge is 2.54. The highest BCUT2D eigenvalue weighted by Crippen LogP contribution is 2.50. The predicted octanol–water partition coefficient (Wildman–Crippen LogP) is 5.40. The van der Waals surface area contributed by atoms with Gasteiger partial charge in [-0.05, 0) is 51.2 Å². The van der Waals surface area contributed by atoms with Gasteiger partial charge in [0.05, 0.1) is 25.2 Å². The van der Waals surface area contributed by atoms with Crippen molar-refractivity contribution in [2.45, 2.75) is 31.5 Å². The number of hydrogen-bond acceptors (Lipinski definition) is 2. The molecule has 0 N–H and O–H groups in total. The van der Waals surface area contributed by atoms with Crippen molar-refractivity contribution >= 4 is 32.4 Å². The predicted molar refractivity (Wildman–Crippen MR) is 166 cm³/mol. The summed E-state index contributed by atoms with van der Waals surface area (Å²) in [7, 11) is 0. The minimum Gasteiger partial charge on any atom is -1.00 e. The average molecular weight is 606 g/mol. The number of piperidine rings is 3. The zero-order chi connectivity index (χ0) is 27.1. The van der Waals surface area contributed by atoms with Gasteiger partial charge in [-0.25, -0.2) is 0 Å². The van der Waals surface area contributed by atoms with E-state index in [0.29, 0.717) is 24.5 Å². The second-order valence-electron chi connectivity index (χ2n) is 11.8. The molecule has 1 aromatic heterocycles. The van der Waals surface area contributed by atoms with Crippen LogP contribution >= 0.6 is 0 Å². The highest BCUT2D eigenvalue weighted by atomic mass is 79.9. The van der Waals surface area contributed by atoms with E-state index in [9.17, 15) is 0 Å². The Kier molecular flexibility index (Phi) is 7.82. The second-order valence-corrected chi connectivity index (χ2v) is 11.8. The van der Waals surface area contributed by atoms with Crippen LogP contribution in [0.1, 0.15) is 30.1 Å². The summed E-state index contributed by atoms with van der Waals surface area (Å²) in [5.41, 5.74) is 3.74. The molecule has 0 unspecified atom stereocenters. The van der Waals surface area contributed by atoms with E-state index in [1.807, 2.05) is 12.3 Å². The lowest BCUT2D eigenvalue weighted by molar-refractivity contribution is -0.984. The van der Waals surface area contributed by atoms with Crippen molar-refractivity contribution in [1.82, 2.24) is 4.98 Å². The molecule has 0 amide bonds. The average Bonchev–Trinajstić information content (AvgIpc) is 3.01. The summed E-state index contributed by atoms with van der Waals surface area (Å²) in [6.07, 6.45) is 8.41. The number of fused-ring (bicyclic) bond motifs is 6. The number of hydrogen-bond donors (Lipinski definition) is 0. The monoisotopic (exact) mass is 604 g/mol. The van der Waals surface area contributed by atoms with E-state index in [2.05, 4.69) is 109 Å². The molecule has 2 bridgehead atoms. The normalized spacial score (nSPS) is 24.2. The molecule has 4 heteroatoms. The van der Waals surface area contributed by atoms with Crippen molar-refractivity contribution < 1.29 is 26.2 Å². The van der Waals surface area contributed by atoms with Crippen molar-refractivity contribution in [1.29, 1.82) is 0 Å². The van der Waals surface area contributed by atoms with Crippen molar-refractivity contribution in [3.05, 3.63) is 128 Å². The Balaban J connectivity index is 0.00000302. The van der Waals surface area contributed by atoms with Crippen LogP contribution in [0.15, 0.2) is 116 Å². The number of ether oxygens (including phenoxy) is 1. The van der Waals surface area contributed by atoms with Crippen LogP contribution in [0.5, 0.6) is 0 Å². The molecule has 3 aliphatic rings. The maximum atomic E-state index is 6.80.